The van der Waals surface area contributed by atoms with E-state index in [1.54, 1.807) is 12.0 Å². The lowest BCUT2D eigenvalue weighted by Crippen LogP contribution is -2.50. The summed E-state index contributed by atoms with van der Waals surface area (Å²) in [6.45, 7) is 2.24. The number of carbonyl (C=O) groups excluding carboxylic acids is 1. The third kappa shape index (κ3) is 4.23. The molecule has 0 unspecified atom stereocenters. The molecule has 0 bridgehead atoms. The van der Waals surface area contributed by atoms with Gasteiger partial charge in [0.15, 0.2) is 11.5 Å². The summed E-state index contributed by atoms with van der Waals surface area (Å²) in [5.74, 6) is 1.29. The van der Waals surface area contributed by atoms with Crippen molar-refractivity contribution >= 4 is 46.9 Å². The molecule has 1 N–H and O–H groups in total. The first-order valence-corrected chi connectivity index (χ1v) is 10.9. The molecule has 0 spiro atoms. The molecular formula is C22H21Cl2N3O3S. The Kier molecular flexibility index (Phi) is 6.39. The summed E-state index contributed by atoms with van der Waals surface area (Å²) in [6, 6.07) is 13.2. The van der Waals surface area contributed by atoms with E-state index < -0.39 is 0 Å². The smallest absolute Gasteiger partial charge is 0.270 e. The molecule has 1 fully saturated rings. The Labute approximate surface area is 195 Å². The standard InChI is InChI=1S/C22H20ClN3O3S.ClH/c1-28-19-10-15(6-7-18(19)29-16-11-24-12-16)26-9-8-17-20(22(26)27)30-21(25-17)13-2-4-14(23)5-3-13;/h2-7,10,16,24H,8-9,11-12H2,1H3;1H. The number of nitrogens with zero attached hydrogens (tertiary/aromatic N) is 2. The molecule has 162 valence electrons. The maximum atomic E-state index is 13.2. The zero-order valence-electron chi connectivity index (χ0n) is 16.8. The van der Waals surface area contributed by atoms with Gasteiger partial charge in [0.25, 0.3) is 5.91 Å². The fourth-order valence-corrected chi connectivity index (χ4v) is 4.73. The minimum Gasteiger partial charge on any atom is -0.493 e. The number of fused-ring (bicyclic) bond motifs is 1. The molecule has 3 aromatic rings. The Bertz CT molecular complexity index is 1100. The van der Waals surface area contributed by atoms with Crippen LogP contribution in [0, 0.1) is 0 Å². The van der Waals surface area contributed by atoms with Crippen LogP contribution in [-0.4, -0.2) is 43.7 Å². The molecule has 1 aromatic heterocycles. The highest BCUT2D eigenvalue weighted by atomic mass is 35.5. The van der Waals surface area contributed by atoms with Crippen LogP contribution in [0.4, 0.5) is 5.69 Å². The number of hydrogen-bond donors (Lipinski definition) is 1. The number of ether oxygens (including phenoxy) is 2. The SMILES string of the molecule is COc1cc(N2CCc3nc(-c4ccc(Cl)cc4)sc3C2=O)ccc1OC1CNC1.Cl. The Morgan fingerprint density at radius 2 is 1.94 bits per heavy atom. The highest BCUT2D eigenvalue weighted by Gasteiger charge is 2.30. The van der Waals surface area contributed by atoms with Gasteiger partial charge < -0.3 is 19.7 Å². The van der Waals surface area contributed by atoms with E-state index in [1.165, 1.54) is 11.3 Å². The van der Waals surface area contributed by atoms with Gasteiger partial charge in [-0.1, -0.05) is 23.7 Å². The summed E-state index contributed by atoms with van der Waals surface area (Å²) in [7, 11) is 1.61. The maximum absolute atomic E-state index is 13.2. The Morgan fingerprint density at radius 1 is 1.16 bits per heavy atom. The van der Waals surface area contributed by atoms with Gasteiger partial charge in [0.2, 0.25) is 0 Å². The number of amides is 1. The molecule has 0 saturated carbocycles. The summed E-state index contributed by atoms with van der Waals surface area (Å²) in [4.78, 5) is 20.4. The van der Waals surface area contributed by atoms with Gasteiger partial charge in [0, 0.05) is 48.4 Å². The topological polar surface area (TPSA) is 63.7 Å². The fraction of sp³-hybridized carbons (Fsp3) is 0.273. The summed E-state index contributed by atoms with van der Waals surface area (Å²) in [6.07, 6.45) is 0.867. The van der Waals surface area contributed by atoms with Gasteiger partial charge in [-0.2, -0.15) is 0 Å². The quantitative estimate of drug-likeness (QED) is 0.587. The maximum Gasteiger partial charge on any atom is 0.270 e. The van der Waals surface area contributed by atoms with E-state index in [4.69, 9.17) is 26.1 Å². The number of hydrogen-bond acceptors (Lipinski definition) is 6. The lowest BCUT2D eigenvalue weighted by atomic mass is 10.1. The predicted molar refractivity (Wildman–Crippen MR) is 125 cm³/mol. The molecule has 3 heterocycles. The molecule has 6 nitrogen and oxygen atoms in total. The van der Waals surface area contributed by atoms with E-state index in [2.05, 4.69) is 5.32 Å². The minimum atomic E-state index is -0.0344. The molecule has 0 atom stereocenters. The normalized spacial score (nSPS) is 15.7. The minimum absolute atomic E-state index is 0. The van der Waals surface area contributed by atoms with Gasteiger partial charge in [-0.25, -0.2) is 4.98 Å². The molecule has 31 heavy (non-hydrogen) atoms. The zero-order valence-corrected chi connectivity index (χ0v) is 19.1. The van der Waals surface area contributed by atoms with E-state index >= 15 is 0 Å². The molecular weight excluding hydrogens is 457 g/mol. The number of rotatable bonds is 5. The first-order valence-electron chi connectivity index (χ1n) is 9.75. The van der Waals surface area contributed by atoms with Gasteiger partial charge in [-0.15, -0.1) is 23.7 Å². The van der Waals surface area contributed by atoms with Crippen LogP contribution in [0.15, 0.2) is 42.5 Å². The van der Waals surface area contributed by atoms with Gasteiger partial charge in [0.05, 0.1) is 12.8 Å². The second kappa shape index (κ2) is 9.04. The lowest BCUT2D eigenvalue weighted by Gasteiger charge is -2.29. The van der Waals surface area contributed by atoms with Crippen molar-refractivity contribution in [2.24, 2.45) is 0 Å². The molecule has 0 aliphatic carbocycles. The molecule has 9 heteroatoms. The Hall–Kier alpha value is -2.32. The van der Waals surface area contributed by atoms with Crippen molar-refractivity contribution < 1.29 is 14.3 Å². The molecule has 1 amide bonds. The average molecular weight is 478 g/mol. The zero-order chi connectivity index (χ0) is 20.7. The van der Waals surface area contributed by atoms with Crippen molar-refractivity contribution in [3.05, 3.63) is 58.1 Å². The molecule has 0 radical (unpaired) electrons. The fourth-order valence-electron chi connectivity index (χ4n) is 3.54. The van der Waals surface area contributed by atoms with E-state index in [9.17, 15) is 4.79 Å². The van der Waals surface area contributed by atoms with Crippen LogP contribution >= 0.6 is 35.3 Å². The second-order valence-corrected chi connectivity index (χ2v) is 8.68. The van der Waals surface area contributed by atoms with E-state index in [1.807, 2.05) is 42.5 Å². The number of aromatic nitrogens is 1. The van der Waals surface area contributed by atoms with Crippen molar-refractivity contribution in [1.29, 1.82) is 0 Å². The lowest BCUT2D eigenvalue weighted by molar-refractivity contribution is 0.0984. The van der Waals surface area contributed by atoms with Crippen LogP contribution in [0.2, 0.25) is 5.02 Å². The van der Waals surface area contributed by atoms with E-state index in [-0.39, 0.29) is 24.4 Å². The predicted octanol–water partition coefficient (Wildman–Crippen LogP) is 4.45. The van der Waals surface area contributed by atoms with Crippen molar-refractivity contribution in [3.63, 3.8) is 0 Å². The number of carbonyl (C=O) groups is 1. The van der Waals surface area contributed by atoms with Crippen molar-refractivity contribution in [3.8, 4) is 22.1 Å². The first-order chi connectivity index (χ1) is 14.6. The largest absolute Gasteiger partial charge is 0.493 e. The number of benzene rings is 2. The Balaban J connectivity index is 0.00000231. The first kappa shape index (κ1) is 21.9. The van der Waals surface area contributed by atoms with E-state index in [0.717, 1.165) is 35.0 Å². The van der Waals surface area contributed by atoms with Crippen LogP contribution in [0.25, 0.3) is 10.6 Å². The van der Waals surface area contributed by atoms with Crippen LogP contribution < -0.4 is 19.7 Å². The third-order valence-electron chi connectivity index (χ3n) is 5.30. The molecule has 5 rings (SSSR count). The number of thiazole rings is 1. The van der Waals surface area contributed by atoms with Gasteiger partial charge in [-0.3, -0.25) is 4.79 Å². The highest BCUT2D eigenvalue weighted by Crippen LogP contribution is 2.37. The Morgan fingerprint density at radius 3 is 2.61 bits per heavy atom. The summed E-state index contributed by atoms with van der Waals surface area (Å²) in [5, 5.41) is 4.70. The third-order valence-corrected chi connectivity index (χ3v) is 6.68. The van der Waals surface area contributed by atoms with E-state index in [0.29, 0.717) is 34.4 Å². The summed E-state index contributed by atoms with van der Waals surface area (Å²) >= 11 is 7.41. The number of halogens is 2. The molecule has 2 aliphatic heterocycles. The van der Waals surface area contributed by atoms with Gasteiger partial charge >= 0.3 is 0 Å². The van der Waals surface area contributed by atoms with Crippen molar-refractivity contribution in [2.75, 3.05) is 31.6 Å². The number of nitrogens with one attached hydrogen (secondary N) is 1. The van der Waals surface area contributed by atoms with Crippen LogP contribution in [0.1, 0.15) is 15.4 Å². The van der Waals surface area contributed by atoms with Crippen molar-refractivity contribution in [1.82, 2.24) is 10.3 Å². The van der Waals surface area contributed by atoms with Gasteiger partial charge in [0.1, 0.15) is 16.0 Å². The number of methoxy groups -OCH3 is 1. The molecule has 1 saturated heterocycles. The highest BCUT2D eigenvalue weighted by molar-refractivity contribution is 7.17. The number of anilines is 1. The summed E-state index contributed by atoms with van der Waals surface area (Å²) < 4.78 is 11.5. The van der Waals surface area contributed by atoms with Crippen molar-refractivity contribution in [2.45, 2.75) is 12.5 Å². The van der Waals surface area contributed by atoms with Crippen LogP contribution in [0.3, 0.4) is 0 Å². The second-order valence-electron chi connectivity index (χ2n) is 7.24. The molecule has 2 aromatic carbocycles. The molecule has 2 aliphatic rings. The monoisotopic (exact) mass is 477 g/mol. The van der Waals surface area contributed by atoms with Gasteiger partial charge in [-0.05, 0) is 24.3 Å². The van der Waals surface area contributed by atoms with Crippen LogP contribution in [-0.2, 0) is 6.42 Å². The summed E-state index contributed by atoms with van der Waals surface area (Å²) in [5.41, 5.74) is 2.62. The van der Waals surface area contributed by atoms with Crippen LogP contribution in [0.5, 0.6) is 11.5 Å². The average Bonchev–Trinajstić information content (AvgIpc) is 3.17.